The standard InChI is InChI=1S/C18H27NO/c1-4-8-15(13-9-6-5-7-10-13)19-16-14-11-12-20-17(14)18(16,2)3/h5-7,9-10,14-17,19H,4,8,11-12H2,1-3H3. The number of hydrogen-bond acceptors (Lipinski definition) is 2. The lowest BCUT2D eigenvalue weighted by Crippen LogP contribution is -2.66. The molecule has 0 radical (unpaired) electrons. The molecule has 1 aliphatic carbocycles. The van der Waals surface area contributed by atoms with Crippen molar-refractivity contribution in [2.75, 3.05) is 6.61 Å². The molecule has 1 aromatic carbocycles. The van der Waals surface area contributed by atoms with Gasteiger partial charge in [-0.15, -0.1) is 0 Å². The molecule has 1 N–H and O–H groups in total. The Morgan fingerprint density at radius 3 is 2.75 bits per heavy atom. The fourth-order valence-electron chi connectivity index (χ4n) is 4.20. The van der Waals surface area contributed by atoms with E-state index < -0.39 is 0 Å². The second-order valence-electron chi connectivity index (χ2n) is 6.96. The molecule has 0 bridgehead atoms. The minimum atomic E-state index is 0.266. The van der Waals surface area contributed by atoms with Gasteiger partial charge in [0.15, 0.2) is 0 Å². The van der Waals surface area contributed by atoms with E-state index in [2.05, 4.69) is 56.4 Å². The van der Waals surface area contributed by atoms with E-state index in [1.807, 2.05) is 0 Å². The van der Waals surface area contributed by atoms with E-state index in [4.69, 9.17) is 4.74 Å². The molecule has 2 nitrogen and oxygen atoms in total. The fourth-order valence-corrected chi connectivity index (χ4v) is 4.20. The third-order valence-corrected chi connectivity index (χ3v) is 5.26. The van der Waals surface area contributed by atoms with Gasteiger partial charge in [0.2, 0.25) is 0 Å². The van der Waals surface area contributed by atoms with Gasteiger partial charge in [0.1, 0.15) is 0 Å². The van der Waals surface area contributed by atoms with Gasteiger partial charge in [-0.1, -0.05) is 57.5 Å². The van der Waals surface area contributed by atoms with Crippen molar-refractivity contribution in [3.8, 4) is 0 Å². The van der Waals surface area contributed by atoms with Crippen LogP contribution in [0.2, 0.25) is 0 Å². The van der Waals surface area contributed by atoms with E-state index in [0.717, 1.165) is 6.61 Å². The predicted molar refractivity (Wildman–Crippen MR) is 82.6 cm³/mol. The van der Waals surface area contributed by atoms with Crippen LogP contribution in [0.5, 0.6) is 0 Å². The van der Waals surface area contributed by atoms with Crippen LogP contribution in [-0.4, -0.2) is 18.8 Å². The maximum atomic E-state index is 5.90. The Morgan fingerprint density at radius 1 is 1.30 bits per heavy atom. The van der Waals surface area contributed by atoms with Crippen LogP contribution in [-0.2, 0) is 4.74 Å². The first kappa shape index (κ1) is 14.1. The summed E-state index contributed by atoms with van der Waals surface area (Å²) in [5, 5.41) is 3.95. The van der Waals surface area contributed by atoms with Crippen LogP contribution in [0.3, 0.4) is 0 Å². The lowest BCUT2D eigenvalue weighted by Gasteiger charge is -2.56. The Bertz CT molecular complexity index is 442. The highest BCUT2D eigenvalue weighted by Crippen LogP contribution is 2.52. The zero-order valence-electron chi connectivity index (χ0n) is 12.9. The summed E-state index contributed by atoms with van der Waals surface area (Å²) in [6, 6.07) is 12.0. The van der Waals surface area contributed by atoms with Crippen molar-refractivity contribution in [1.29, 1.82) is 0 Å². The van der Waals surface area contributed by atoms with E-state index >= 15 is 0 Å². The Morgan fingerprint density at radius 2 is 2.05 bits per heavy atom. The van der Waals surface area contributed by atoms with Crippen LogP contribution in [0.1, 0.15) is 51.6 Å². The highest BCUT2D eigenvalue weighted by atomic mass is 16.5. The molecule has 2 fully saturated rings. The van der Waals surface area contributed by atoms with Crippen LogP contribution in [0.15, 0.2) is 30.3 Å². The topological polar surface area (TPSA) is 21.3 Å². The maximum absolute atomic E-state index is 5.90. The molecule has 4 atom stereocenters. The van der Waals surface area contributed by atoms with Gasteiger partial charge in [-0.2, -0.15) is 0 Å². The molecule has 4 unspecified atom stereocenters. The minimum Gasteiger partial charge on any atom is -0.377 e. The molecule has 2 aliphatic rings. The summed E-state index contributed by atoms with van der Waals surface area (Å²) in [5.74, 6) is 0.716. The molecule has 1 saturated heterocycles. The quantitative estimate of drug-likeness (QED) is 0.877. The first-order valence-electron chi connectivity index (χ1n) is 8.07. The third-order valence-electron chi connectivity index (χ3n) is 5.26. The van der Waals surface area contributed by atoms with E-state index in [-0.39, 0.29) is 5.41 Å². The number of rotatable bonds is 5. The molecule has 110 valence electrons. The zero-order chi connectivity index (χ0) is 14.2. The SMILES string of the molecule is CCCC(NC1C2CCOC2C1(C)C)c1ccccc1. The molecular formula is C18H27NO. The van der Waals surface area contributed by atoms with Crippen molar-refractivity contribution < 1.29 is 4.74 Å². The van der Waals surface area contributed by atoms with Gasteiger partial charge in [0.25, 0.3) is 0 Å². The average Bonchev–Trinajstić information content (AvgIpc) is 2.91. The second-order valence-corrected chi connectivity index (χ2v) is 6.96. The molecule has 20 heavy (non-hydrogen) atoms. The fraction of sp³-hybridized carbons (Fsp3) is 0.667. The van der Waals surface area contributed by atoms with Gasteiger partial charge in [0, 0.05) is 30.0 Å². The first-order valence-corrected chi connectivity index (χ1v) is 8.07. The van der Waals surface area contributed by atoms with Crippen molar-refractivity contribution >= 4 is 0 Å². The Labute approximate surface area is 122 Å². The highest BCUT2D eigenvalue weighted by molar-refractivity contribution is 5.21. The summed E-state index contributed by atoms with van der Waals surface area (Å²) in [5.41, 5.74) is 1.69. The summed E-state index contributed by atoms with van der Waals surface area (Å²) >= 11 is 0. The molecule has 2 heteroatoms. The van der Waals surface area contributed by atoms with E-state index in [1.54, 1.807) is 0 Å². The normalized spacial score (nSPS) is 32.5. The Balaban J connectivity index is 1.74. The molecule has 0 amide bonds. The molecule has 1 heterocycles. The predicted octanol–water partition coefficient (Wildman–Crippen LogP) is 3.93. The van der Waals surface area contributed by atoms with Gasteiger partial charge in [-0.05, 0) is 18.4 Å². The van der Waals surface area contributed by atoms with Gasteiger partial charge in [-0.25, -0.2) is 0 Å². The van der Waals surface area contributed by atoms with E-state index in [0.29, 0.717) is 24.1 Å². The van der Waals surface area contributed by atoms with E-state index in [1.165, 1.54) is 24.8 Å². The zero-order valence-corrected chi connectivity index (χ0v) is 12.9. The average molecular weight is 273 g/mol. The monoisotopic (exact) mass is 273 g/mol. The molecule has 1 aromatic rings. The molecular weight excluding hydrogens is 246 g/mol. The van der Waals surface area contributed by atoms with E-state index in [9.17, 15) is 0 Å². The third kappa shape index (κ3) is 2.29. The molecule has 1 aliphatic heterocycles. The molecule has 0 aromatic heterocycles. The Kier molecular flexibility index (Phi) is 3.87. The number of hydrogen-bond donors (Lipinski definition) is 1. The minimum absolute atomic E-state index is 0.266. The summed E-state index contributed by atoms with van der Waals surface area (Å²) in [7, 11) is 0. The van der Waals surface area contributed by atoms with Gasteiger partial charge in [-0.3, -0.25) is 0 Å². The van der Waals surface area contributed by atoms with Crippen LogP contribution in [0, 0.1) is 11.3 Å². The Hall–Kier alpha value is -0.860. The van der Waals surface area contributed by atoms with Crippen molar-refractivity contribution in [3.63, 3.8) is 0 Å². The summed E-state index contributed by atoms with van der Waals surface area (Å²) in [6.07, 6.45) is 4.11. The largest absolute Gasteiger partial charge is 0.377 e. The van der Waals surface area contributed by atoms with Crippen LogP contribution in [0.25, 0.3) is 0 Å². The summed E-state index contributed by atoms with van der Waals surface area (Å²) < 4.78 is 5.90. The van der Waals surface area contributed by atoms with Crippen LogP contribution >= 0.6 is 0 Å². The first-order chi connectivity index (χ1) is 9.64. The van der Waals surface area contributed by atoms with Crippen LogP contribution < -0.4 is 5.32 Å². The summed E-state index contributed by atoms with van der Waals surface area (Å²) in [6.45, 7) is 7.92. The number of fused-ring (bicyclic) bond motifs is 1. The van der Waals surface area contributed by atoms with Crippen molar-refractivity contribution in [3.05, 3.63) is 35.9 Å². The highest BCUT2D eigenvalue weighted by Gasteiger charge is 2.59. The van der Waals surface area contributed by atoms with Gasteiger partial charge >= 0.3 is 0 Å². The lowest BCUT2D eigenvalue weighted by molar-refractivity contribution is -0.115. The molecule has 0 spiro atoms. The lowest BCUT2D eigenvalue weighted by atomic mass is 9.57. The van der Waals surface area contributed by atoms with Gasteiger partial charge in [0.05, 0.1) is 6.10 Å². The summed E-state index contributed by atoms with van der Waals surface area (Å²) in [4.78, 5) is 0. The number of benzene rings is 1. The van der Waals surface area contributed by atoms with Crippen LogP contribution in [0.4, 0.5) is 0 Å². The van der Waals surface area contributed by atoms with Gasteiger partial charge < -0.3 is 10.1 Å². The molecule has 3 rings (SSSR count). The number of nitrogens with one attached hydrogen (secondary N) is 1. The van der Waals surface area contributed by atoms with Crippen molar-refractivity contribution in [2.45, 2.75) is 58.2 Å². The second kappa shape index (κ2) is 5.50. The smallest absolute Gasteiger partial charge is 0.0685 e. The molecule has 1 saturated carbocycles. The maximum Gasteiger partial charge on any atom is 0.0685 e. The van der Waals surface area contributed by atoms with Crippen molar-refractivity contribution in [1.82, 2.24) is 5.32 Å². The van der Waals surface area contributed by atoms with Crippen molar-refractivity contribution in [2.24, 2.45) is 11.3 Å². The number of ether oxygens (including phenoxy) is 1.